The highest BCUT2D eigenvalue weighted by molar-refractivity contribution is 8.27. The molecule has 1 saturated heterocycles. The molecule has 0 aliphatic carbocycles. The van der Waals surface area contributed by atoms with Gasteiger partial charge >= 0.3 is 0 Å². The maximum absolute atomic E-state index is 13.0. The van der Waals surface area contributed by atoms with Crippen molar-refractivity contribution in [1.29, 1.82) is 0 Å². The molecule has 0 aromatic heterocycles. The van der Waals surface area contributed by atoms with Crippen molar-refractivity contribution < 1.29 is 14.3 Å². The summed E-state index contributed by atoms with van der Waals surface area (Å²) in [6.45, 7) is 1.76. The van der Waals surface area contributed by atoms with Crippen LogP contribution in [0.4, 0.5) is 11.4 Å². The zero-order chi connectivity index (χ0) is 24.2. The maximum atomic E-state index is 13.0. The molecule has 1 fully saturated rings. The Morgan fingerprint density at radius 1 is 1.09 bits per heavy atom. The summed E-state index contributed by atoms with van der Waals surface area (Å²) in [5.41, 5.74) is 3.03. The monoisotopic (exact) mass is 528 g/mol. The number of halogens is 2. The molecule has 34 heavy (non-hydrogen) atoms. The highest BCUT2D eigenvalue weighted by atomic mass is 35.5. The van der Waals surface area contributed by atoms with Crippen LogP contribution in [-0.2, 0) is 9.59 Å². The molecule has 0 saturated carbocycles. The van der Waals surface area contributed by atoms with Gasteiger partial charge in [-0.2, -0.15) is 0 Å². The van der Waals surface area contributed by atoms with Gasteiger partial charge in [-0.15, -0.1) is 0 Å². The Labute approximate surface area is 216 Å². The van der Waals surface area contributed by atoms with Gasteiger partial charge in [-0.25, -0.2) is 0 Å². The van der Waals surface area contributed by atoms with Gasteiger partial charge in [-0.3, -0.25) is 14.5 Å². The molecule has 0 bridgehead atoms. The molecule has 4 rings (SSSR count). The standard InChI is InChI=1S/C25H18Cl2N2O3S2/c1-15-4-2-6-20(8-15)29-24(31)22(34-25(29)33)10-16-5-3-7-21(9-16)32-14-23(30)28-19-12-17(26)11-18(27)13-19/h2-13H,14H2,1H3,(H,28,30)/b22-10-. The minimum Gasteiger partial charge on any atom is -0.484 e. The largest absolute Gasteiger partial charge is 0.484 e. The Balaban J connectivity index is 1.42. The topological polar surface area (TPSA) is 58.6 Å². The molecule has 5 nitrogen and oxygen atoms in total. The molecule has 1 aliphatic rings. The summed E-state index contributed by atoms with van der Waals surface area (Å²) in [7, 11) is 0. The van der Waals surface area contributed by atoms with Crippen LogP contribution in [0.5, 0.6) is 5.75 Å². The van der Waals surface area contributed by atoms with Crippen LogP contribution in [0.2, 0.25) is 10.0 Å². The Morgan fingerprint density at radius 2 is 1.82 bits per heavy atom. The quantitative estimate of drug-likeness (QED) is 0.284. The van der Waals surface area contributed by atoms with Crippen molar-refractivity contribution >= 4 is 80.8 Å². The number of thioether (sulfide) groups is 1. The van der Waals surface area contributed by atoms with Crippen LogP contribution < -0.4 is 15.0 Å². The number of anilines is 2. The molecule has 9 heteroatoms. The van der Waals surface area contributed by atoms with Crippen molar-refractivity contribution in [2.75, 3.05) is 16.8 Å². The second kappa shape index (κ2) is 10.6. The summed E-state index contributed by atoms with van der Waals surface area (Å²) in [4.78, 5) is 27.3. The third-order valence-electron chi connectivity index (χ3n) is 4.73. The summed E-state index contributed by atoms with van der Waals surface area (Å²) in [6.07, 6.45) is 1.76. The number of carbonyl (C=O) groups is 2. The fourth-order valence-corrected chi connectivity index (χ4v) is 5.10. The van der Waals surface area contributed by atoms with Crippen LogP contribution >= 0.6 is 47.2 Å². The molecule has 3 aromatic carbocycles. The van der Waals surface area contributed by atoms with Crippen molar-refractivity contribution in [2.24, 2.45) is 0 Å². The van der Waals surface area contributed by atoms with Crippen molar-refractivity contribution in [3.63, 3.8) is 0 Å². The molecule has 0 radical (unpaired) electrons. The minimum absolute atomic E-state index is 0.175. The van der Waals surface area contributed by atoms with E-state index in [9.17, 15) is 9.59 Å². The lowest BCUT2D eigenvalue weighted by molar-refractivity contribution is -0.118. The fourth-order valence-electron chi connectivity index (χ4n) is 3.27. The molecular weight excluding hydrogens is 511 g/mol. The number of benzene rings is 3. The van der Waals surface area contributed by atoms with E-state index in [4.69, 9.17) is 40.2 Å². The molecule has 0 unspecified atom stereocenters. The van der Waals surface area contributed by atoms with Crippen LogP contribution in [-0.4, -0.2) is 22.7 Å². The number of rotatable bonds is 6. The maximum Gasteiger partial charge on any atom is 0.270 e. The van der Waals surface area contributed by atoms with E-state index in [1.54, 1.807) is 42.5 Å². The number of amides is 2. The summed E-state index contributed by atoms with van der Waals surface area (Å²) in [5, 5.41) is 3.53. The van der Waals surface area contributed by atoms with Crippen molar-refractivity contribution in [3.8, 4) is 5.75 Å². The van der Waals surface area contributed by atoms with Crippen LogP contribution in [0.3, 0.4) is 0 Å². The predicted molar refractivity (Wildman–Crippen MR) is 144 cm³/mol. The van der Waals surface area contributed by atoms with Crippen LogP contribution in [0, 0.1) is 6.92 Å². The lowest BCUT2D eigenvalue weighted by Crippen LogP contribution is -2.27. The third kappa shape index (κ3) is 5.98. The van der Waals surface area contributed by atoms with Gasteiger partial charge in [-0.1, -0.05) is 71.4 Å². The van der Waals surface area contributed by atoms with Gasteiger partial charge in [0.15, 0.2) is 10.9 Å². The van der Waals surface area contributed by atoms with Crippen molar-refractivity contribution in [1.82, 2.24) is 0 Å². The van der Waals surface area contributed by atoms with Gasteiger partial charge in [0, 0.05) is 15.7 Å². The van der Waals surface area contributed by atoms with Crippen LogP contribution in [0.1, 0.15) is 11.1 Å². The Bertz CT molecular complexity index is 1310. The second-order valence-electron chi connectivity index (χ2n) is 7.42. The van der Waals surface area contributed by atoms with Gasteiger partial charge in [0.1, 0.15) is 5.75 Å². The highest BCUT2D eigenvalue weighted by Crippen LogP contribution is 2.36. The van der Waals surface area contributed by atoms with Gasteiger partial charge in [0.2, 0.25) is 0 Å². The summed E-state index contributed by atoms with van der Waals surface area (Å²) >= 11 is 18.6. The van der Waals surface area contributed by atoms with E-state index in [-0.39, 0.29) is 18.4 Å². The van der Waals surface area contributed by atoms with E-state index >= 15 is 0 Å². The van der Waals surface area contributed by atoms with Gasteiger partial charge in [0.25, 0.3) is 11.8 Å². The van der Waals surface area contributed by atoms with Crippen LogP contribution in [0.15, 0.2) is 71.6 Å². The number of ether oxygens (including phenoxy) is 1. The Morgan fingerprint density at radius 3 is 2.56 bits per heavy atom. The number of carbonyl (C=O) groups excluding carboxylic acids is 2. The molecule has 3 aromatic rings. The lowest BCUT2D eigenvalue weighted by atomic mass is 10.2. The van der Waals surface area contributed by atoms with Gasteiger partial charge in [0.05, 0.1) is 10.6 Å². The second-order valence-corrected chi connectivity index (χ2v) is 9.97. The molecule has 1 N–H and O–H groups in total. The predicted octanol–water partition coefficient (Wildman–Crippen LogP) is 6.73. The summed E-state index contributed by atoms with van der Waals surface area (Å²) in [6, 6.07) is 19.5. The average Bonchev–Trinajstić information content (AvgIpc) is 3.04. The first-order valence-electron chi connectivity index (χ1n) is 10.1. The minimum atomic E-state index is -0.359. The van der Waals surface area contributed by atoms with Crippen LogP contribution in [0.25, 0.3) is 6.08 Å². The van der Waals surface area contributed by atoms with E-state index in [1.165, 1.54) is 16.7 Å². The summed E-state index contributed by atoms with van der Waals surface area (Å²) < 4.78 is 6.10. The molecule has 2 amide bonds. The summed E-state index contributed by atoms with van der Waals surface area (Å²) in [5.74, 6) is -0.0450. The molecule has 0 atom stereocenters. The number of nitrogens with one attached hydrogen (secondary N) is 1. The number of nitrogens with zero attached hydrogens (tertiary/aromatic N) is 1. The molecule has 0 spiro atoms. The normalized spacial score (nSPS) is 14.6. The van der Waals surface area contributed by atoms with E-state index in [0.29, 0.717) is 30.7 Å². The molecule has 1 aliphatic heterocycles. The van der Waals surface area contributed by atoms with Crippen molar-refractivity contribution in [2.45, 2.75) is 6.92 Å². The average molecular weight is 529 g/mol. The van der Waals surface area contributed by atoms with Gasteiger partial charge < -0.3 is 10.1 Å². The van der Waals surface area contributed by atoms with E-state index in [1.807, 2.05) is 37.3 Å². The molecule has 1 heterocycles. The first kappa shape index (κ1) is 24.3. The first-order valence-corrected chi connectivity index (χ1v) is 12.1. The number of aryl methyl sites for hydroxylation is 1. The van der Waals surface area contributed by atoms with E-state index < -0.39 is 0 Å². The Kier molecular flexibility index (Phi) is 7.58. The fraction of sp³-hybridized carbons (Fsp3) is 0.0800. The molecule has 172 valence electrons. The van der Waals surface area contributed by atoms with E-state index in [0.717, 1.165) is 16.8 Å². The third-order valence-corrected chi connectivity index (χ3v) is 6.46. The molecular formula is C25H18Cl2N2O3S2. The first-order chi connectivity index (χ1) is 16.3. The van der Waals surface area contributed by atoms with E-state index in [2.05, 4.69) is 5.32 Å². The Hall–Kier alpha value is -2.84. The SMILES string of the molecule is Cc1cccc(N2C(=O)/C(=C/c3cccc(OCC(=O)Nc4cc(Cl)cc(Cl)c4)c3)SC2=S)c1. The van der Waals surface area contributed by atoms with Gasteiger partial charge in [-0.05, 0) is 66.6 Å². The number of hydrogen-bond donors (Lipinski definition) is 1. The van der Waals surface area contributed by atoms with Crippen molar-refractivity contribution in [3.05, 3.63) is 92.8 Å². The zero-order valence-electron chi connectivity index (χ0n) is 17.9. The number of hydrogen-bond acceptors (Lipinski definition) is 5. The zero-order valence-corrected chi connectivity index (χ0v) is 21.0. The smallest absolute Gasteiger partial charge is 0.270 e. The highest BCUT2D eigenvalue weighted by Gasteiger charge is 2.33. The number of thiocarbonyl (C=S) groups is 1. The lowest BCUT2D eigenvalue weighted by Gasteiger charge is -2.14.